The minimum atomic E-state index is 0. The minimum Gasteiger partial charge on any atom is -0.303 e. The lowest BCUT2D eigenvalue weighted by molar-refractivity contribution is 0.807. The smallest absolute Gasteiger partial charge is 0.0455 e. The number of hydrogen-bond donors (Lipinski definition) is 2. The molecule has 38 valence electrons. The van der Waals surface area contributed by atoms with Crippen LogP contribution in [0.3, 0.4) is 0 Å². The van der Waals surface area contributed by atoms with Crippen molar-refractivity contribution in [2.45, 2.75) is 7.43 Å². The molecular formula is C4H12N2. The third kappa shape index (κ3) is 1.38. The molecule has 2 N–H and O–H groups in total. The monoisotopic (exact) mass is 88.1 g/mol. The lowest BCUT2D eigenvalue weighted by Gasteiger charge is -1.77. The van der Waals surface area contributed by atoms with E-state index in [4.69, 9.17) is 0 Å². The Hall–Kier alpha value is -0.0800. The summed E-state index contributed by atoms with van der Waals surface area (Å²) in [7, 11) is 0. The van der Waals surface area contributed by atoms with Gasteiger partial charge in [0.25, 0.3) is 0 Å². The van der Waals surface area contributed by atoms with Crippen molar-refractivity contribution >= 4 is 0 Å². The first-order valence-electron chi connectivity index (χ1n) is 1.91. The van der Waals surface area contributed by atoms with Crippen molar-refractivity contribution in [1.82, 2.24) is 10.6 Å². The molecule has 1 aliphatic heterocycles. The maximum absolute atomic E-state index is 3.11. The molecule has 0 aromatic rings. The lowest BCUT2D eigenvalue weighted by Crippen LogP contribution is -2.11. The summed E-state index contributed by atoms with van der Waals surface area (Å²) >= 11 is 0. The quantitative estimate of drug-likeness (QED) is 0.427. The maximum Gasteiger partial charge on any atom is 0.0455 e. The summed E-state index contributed by atoms with van der Waals surface area (Å²) in [6.07, 6.45) is 0. The van der Waals surface area contributed by atoms with Gasteiger partial charge in [-0.2, -0.15) is 0 Å². The molecule has 0 bridgehead atoms. The SMILES string of the molecule is C.C1CNCN1. The van der Waals surface area contributed by atoms with Gasteiger partial charge in [-0.3, -0.25) is 0 Å². The second-order valence-electron chi connectivity index (χ2n) is 1.18. The van der Waals surface area contributed by atoms with E-state index in [2.05, 4.69) is 10.6 Å². The van der Waals surface area contributed by atoms with Crippen molar-refractivity contribution in [3.63, 3.8) is 0 Å². The highest BCUT2D eigenvalue weighted by Gasteiger charge is 1.90. The zero-order valence-corrected chi connectivity index (χ0v) is 3.12. The lowest BCUT2D eigenvalue weighted by atomic mass is 10.7. The third-order valence-corrected chi connectivity index (χ3v) is 0.729. The maximum atomic E-state index is 3.11. The molecule has 1 rings (SSSR count). The van der Waals surface area contributed by atoms with Gasteiger partial charge in [-0.25, -0.2) is 0 Å². The van der Waals surface area contributed by atoms with Crippen LogP contribution >= 0.6 is 0 Å². The Balaban J connectivity index is 0.000000250. The molecule has 1 aliphatic rings. The third-order valence-electron chi connectivity index (χ3n) is 0.729. The average Bonchev–Trinajstić information content (AvgIpc) is 1.76. The summed E-state index contributed by atoms with van der Waals surface area (Å²) in [5.41, 5.74) is 0. The van der Waals surface area contributed by atoms with Gasteiger partial charge in [0.1, 0.15) is 0 Å². The zero-order chi connectivity index (χ0) is 3.54. The number of hydrogen-bond acceptors (Lipinski definition) is 2. The molecule has 2 nitrogen and oxygen atoms in total. The van der Waals surface area contributed by atoms with Crippen LogP contribution in [-0.2, 0) is 0 Å². The first-order valence-corrected chi connectivity index (χ1v) is 1.91. The Morgan fingerprint density at radius 1 is 1.00 bits per heavy atom. The van der Waals surface area contributed by atoms with Crippen LogP contribution in [0.4, 0.5) is 0 Å². The molecule has 1 heterocycles. The van der Waals surface area contributed by atoms with Gasteiger partial charge in [0.05, 0.1) is 0 Å². The summed E-state index contributed by atoms with van der Waals surface area (Å²) in [4.78, 5) is 0. The molecule has 1 saturated heterocycles. The Morgan fingerprint density at radius 2 is 1.50 bits per heavy atom. The van der Waals surface area contributed by atoms with Crippen LogP contribution in [0.1, 0.15) is 7.43 Å². The molecule has 0 unspecified atom stereocenters. The van der Waals surface area contributed by atoms with Crippen LogP contribution in [0.5, 0.6) is 0 Å². The van der Waals surface area contributed by atoms with Crippen LogP contribution in [-0.4, -0.2) is 19.8 Å². The second kappa shape index (κ2) is 3.12. The van der Waals surface area contributed by atoms with Crippen LogP contribution in [0, 0.1) is 0 Å². The van der Waals surface area contributed by atoms with Gasteiger partial charge < -0.3 is 10.6 Å². The summed E-state index contributed by atoms with van der Waals surface area (Å²) in [6.45, 7) is 3.28. The molecule has 2 heteroatoms. The van der Waals surface area contributed by atoms with Crippen molar-refractivity contribution in [3.05, 3.63) is 0 Å². The first-order chi connectivity index (χ1) is 2.50. The van der Waals surface area contributed by atoms with Crippen molar-refractivity contribution < 1.29 is 0 Å². The highest BCUT2D eigenvalue weighted by atomic mass is 15.1. The van der Waals surface area contributed by atoms with Crippen molar-refractivity contribution in [3.8, 4) is 0 Å². The molecule has 1 fully saturated rings. The first kappa shape index (κ1) is 5.92. The molecular weight excluding hydrogens is 76.1 g/mol. The molecule has 0 amide bonds. The van der Waals surface area contributed by atoms with E-state index in [9.17, 15) is 0 Å². The Kier molecular flexibility index (Phi) is 3.08. The molecule has 0 aliphatic carbocycles. The summed E-state index contributed by atoms with van der Waals surface area (Å²) in [5, 5.41) is 6.22. The van der Waals surface area contributed by atoms with E-state index in [1.54, 1.807) is 0 Å². The molecule has 0 aromatic heterocycles. The highest BCUT2D eigenvalue weighted by molar-refractivity contribution is 4.55. The largest absolute Gasteiger partial charge is 0.303 e. The van der Waals surface area contributed by atoms with Crippen LogP contribution in [0.25, 0.3) is 0 Å². The van der Waals surface area contributed by atoms with E-state index >= 15 is 0 Å². The van der Waals surface area contributed by atoms with E-state index in [0.29, 0.717) is 0 Å². The summed E-state index contributed by atoms with van der Waals surface area (Å²) in [5.74, 6) is 0. The van der Waals surface area contributed by atoms with Crippen LogP contribution in [0.2, 0.25) is 0 Å². The van der Waals surface area contributed by atoms with Gasteiger partial charge >= 0.3 is 0 Å². The van der Waals surface area contributed by atoms with Crippen LogP contribution in [0.15, 0.2) is 0 Å². The fourth-order valence-corrected chi connectivity index (χ4v) is 0.442. The minimum absolute atomic E-state index is 0. The average molecular weight is 88.2 g/mol. The standard InChI is InChI=1S/C3H8N2.CH4/c1-2-5-3-4-1;/h4-5H,1-3H2;1H4. The fourth-order valence-electron chi connectivity index (χ4n) is 0.442. The topological polar surface area (TPSA) is 24.1 Å². The molecule has 6 heavy (non-hydrogen) atoms. The van der Waals surface area contributed by atoms with Crippen molar-refractivity contribution in [1.29, 1.82) is 0 Å². The molecule has 0 radical (unpaired) electrons. The van der Waals surface area contributed by atoms with E-state index in [-0.39, 0.29) is 7.43 Å². The summed E-state index contributed by atoms with van der Waals surface area (Å²) in [6, 6.07) is 0. The predicted molar refractivity (Wildman–Crippen MR) is 27.6 cm³/mol. The second-order valence-corrected chi connectivity index (χ2v) is 1.18. The van der Waals surface area contributed by atoms with E-state index in [1.165, 1.54) is 0 Å². The van der Waals surface area contributed by atoms with E-state index < -0.39 is 0 Å². The normalized spacial score (nSPS) is 20.0. The van der Waals surface area contributed by atoms with Gasteiger partial charge in [-0.05, 0) is 0 Å². The molecule has 0 atom stereocenters. The van der Waals surface area contributed by atoms with Gasteiger partial charge in [0.15, 0.2) is 0 Å². The highest BCUT2D eigenvalue weighted by Crippen LogP contribution is 1.62. The number of rotatable bonds is 0. The Morgan fingerprint density at radius 3 is 1.67 bits per heavy atom. The Bertz CT molecular complexity index is 17.1. The van der Waals surface area contributed by atoms with Gasteiger partial charge in [-0.1, -0.05) is 7.43 Å². The molecule has 0 saturated carbocycles. The zero-order valence-electron chi connectivity index (χ0n) is 3.12. The predicted octanol–water partition coefficient (Wildman–Crippen LogP) is -0.227. The van der Waals surface area contributed by atoms with Gasteiger partial charge in [0, 0.05) is 19.8 Å². The summed E-state index contributed by atoms with van der Waals surface area (Å²) < 4.78 is 0. The molecule has 0 spiro atoms. The van der Waals surface area contributed by atoms with Crippen molar-refractivity contribution in [2.75, 3.05) is 19.8 Å². The van der Waals surface area contributed by atoms with Crippen molar-refractivity contribution in [2.24, 2.45) is 0 Å². The molecule has 0 aromatic carbocycles. The van der Waals surface area contributed by atoms with Gasteiger partial charge in [-0.15, -0.1) is 0 Å². The Labute approximate surface area is 38.9 Å². The van der Waals surface area contributed by atoms with Crippen LogP contribution < -0.4 is 10.6 Å². The fraction of sp³-hybridized carbons (Fsp3) is 1.00. The van der Waals surface area contributed by atoms with E-state index in [0.717, 1.165) is 19.8 Å². The number of nitrogens with one attached hydrogen (secondary N) is 2. The van der Waals surface area contributed by atoms with E-state index in [1.807, 2.05) is 0 Å². The van der Waals surface area contributed by atoms with Gasteiger partial charge in [0.2, 0.25) is 0 Å².